The Morgan fingerprint density at radius 2 is 2.29 bits per heavy atom. The maximum Gasteiger partial charge on any atom is 0.255 e. The first-order chi connectivity index (χ1) is 10.1. The Balaban J connectivity index is 1.78. The van der Waals surface area contributed by atoms with Crippen LogP contribution in [0.15, 0.2) is 30.9 Å². The van der Waals surface area contributed by atoms with Gasteiger partial charge in [0.05, 0.1) is 17.8 Å². The van der Waals surface area contributed by atoms with E-state index in [2.05, 4.69) is 19.9 Å². The average molecular weight is 289 g/mol. The number of carbonyl (C=O) groups is 1. The fourth-order valence-electron chi connectivity index (χ4n) is 2.52. The molecule has 0 aliphatic carbocycles. The van der Waals surface area contributed by atoms with Crippen molar-refractivity contribution < 1.29 is 9.18 Å². The predicted octanol–water partition coefficient (Wildman–Crippen LogP) is 1.07. The minimum atomic E-state index is -0.502. The Labute approximate surface area is 121 Å². The molecule has 1 fully saturated rings. The van der Waals surface area contributed by atoms with Gasteiger partial charge >= 0.3 is 0 Å². The van der Waals surface area contributed by atoms with Gasteiger partial charge in [0.15, 0.2) is 0 Å². The zero-order valence-electron chi connectivity index (χ0n) is 11.7. The van der Waals surface area contributed by atoms with Crippen LogP contribution in [-0.4, -0.2) is 57.3 Å². The molecule has 0 saturated carbocycles. The van der Waals surface area contributed by atoms with E-state index in [1.807, 2.05) is 7.05 Å². The number of aromatic nitrogens is 3. The number of likely N-dealkylation sites (N-methyl/N-ethyl adjacent to an activating group) is 1. The lowest BCUT2D eigenvalue weighted by molar-refractivity contribution is 0.0533. The van der Waals surface area contributed by atoms with Crippen LogP contribution in [-0.2, 0) is 0 Å². The number of nitrogens with zero attached hydrogens (tertiary/aromatic N) is 4. The summed E-state index contributed by atoms with van der Waals surface area (Å²) in [6, 6.07) is 1.23. The number of hydrogen-bond acceptors (Lipinski definition) is 4. The highest BCUT2D eigenvalue weighted by Crippen LogP contribution is 2.22. The van der Waals surface area contributed by atoms with Gasteiger partial charge < -0.3 is 9.88 Å². The molecule has 0 bridgehead atoms. The van der Waals surface area contributed by atoms with E-state index in [9.17, 15) is 9.18 Å². The molecule has 1 atom stereocenters. The fraction of sp³-hybridized carbons (Fsp3) is 0.357. The number of amides is 1. The number of piperazine rings is 1. The lowest BCUT2D eigenvalue weighted by atomic mass is 10.1. The van der Waals surface area contributed by atoms with Crippen LogP contribution in [0.4, 0.5) is 4.39 Å². The molecule has 0 aromatic carbocycles. The smallest absolute Gasteiger partial charge is 0.255 e. The topological polar surface area (TPSA) is 65.1 Å². The number of aromatic amines is 1. The predicted molar refractivity (Wildman–Crippen MR) is 74.1 cm³/mol. The lowest BCUT2D eigenvalue weighted by Crippen LogP contribution is -2.49. The van der Waals surface area contributed by atoms with Gasteiger partial charge in [0.2, 0.25) is 0 Å². The van der Waals surface area contributed by atoms with Gasteiger partial charge in [-0.15, -0.1) is 0 Å². The minimum Gasteiger partial charge on any atom is -0.347 e. The van der Waals surface area contributed by atoms with Crippen molar-refractivity contribution in [3.63, 3.8) is 0 Å². The van der Waals surface area contributed by atoms with Gasteiger partial charge in [-0.2, -0.15) is 0 Å². The van der Waals surface area contributed by atoms with Crippen LogP contribution in [0.3, 0.4) is 0 Å². The van der Waals surface area contributed by atoms with Crippen molar-refractivity contribution >= 4 is 5.91 Å². The second kappa shape index (κ2) is 5.61. The van der Waals surface area contributed by atoms with E-state index < -0.39 is 5.82 Å². The molecule has 1 unspecified atom stereocenters. The van der Waals surface area contributed by atoms with Crippen molar-refractivity contribution in [3.8, 4) is 0 Å². The fourth-order valence-corrected chi connectivity index (χ4v) is 2.52. The number of rotatable bonds is 2. The van der Waals surface area contributed by atoms with Gasteiger partial charge in [-0.3, -0.25) is 14.7 Å². The van der Waals surface area contributed by atoms with Gasteiger partial charge in [-0.1, -0.05) is 0 Å². The standard InChI is InChI=1S/C14H16FN5O/c1-19-4-5-20(9-12(19)13-17-2-3-18-13)14(21)10-6-11(15)8-16-7-10/h2-3,6-8,12H,4-5,9H2,1H3,(H,17,18). The van der Waals surface area contributed by atoms with Crippen LogP contribution < -0.4 is 0 Å². The third-order valence-electron chi connectivity index (χ3n) is 3.72. The van der Waals surface area contributed by atoms with Crippen LogP contribution >= 0.6 is 0 Å². The maximum atomic E-state index is 13.2. The Morgan fingerprint density at radius 1 is 1.43 bits per heavy atom. The molecular weight excluding hydrogens is 273 g/mol. The van der Waals surface area contributed by atoms with Gasteiger partial charge in [-0.25, -0.2) is 9.37 Å². The van der Waals surface area contributed by atoms with Gasteiger partial charge in [0, 0.05) is 38.2 Å². The van der Waals surface area contributed by atoms with E-state index >= 15 is 0 Å². The van der Waals surface area contributed by atoms with Crippen LogP contribution in [0, 0.1) is 5.82 Å². The zero-order chi connectivity index (χ0) is 14.8. The molecule has 1 aliphatic heterocycles. The van der Waals surface area contributed by atoms with Gasteiger partial charge in [0.1, 0.15) is 11.6 Å². The van der Waals surface area contributed by atoms with E-state index in [1.54, 1.807) is 17.3 Å². The number of H-pyrrole nitrogens is 1. The second-order valence-electron chi connectivity index (χ2n) is 5.11. The molecule has 1 N–H and O–H groups in total. The summed E-state index contributed by atoms with van der Waals surface area (Å²) in [5.41, 5.74) is 0.276. The molecule has 2 aromatic heterocycles. The van der Waals surface area contributed by atoms with Crippen LogP contribution in [0.1, 0.15) is 22.2 Å². The summed E-state index contributed by atoms with van der Waals surface area (Å²) in [6.07, 6.45) is 5.94. The average Bonchev–Trinajstić information content (AvgIpc) is 3.01. The number of pyridine rings is 1. The summed E-state index contributed by atoms with van der Waals surface area (Å²) in [6.45, 7) is 1.85. The number of hydrogen-bond donors (Lipinski definition) is 1. The Bertz CT molecular complexity index is 630. The molecule has 1 aliphatic rings. The van der Waals surface area contributed by atoms with Gasteiger partial charge in [0.25, 0.3) is 5.91 Å². The highest BCUT2D eigenvalue weighted by Gasteiger charge is 2.30. The number of nitrogens with one attached hydrogen (secondary N) is 1. The van der Waals surface area contributed by atoms with Crippen molar-refractivity contribution in [1.82, 2.24) is 24.8 Å². The van der Waals surface area contributed by atoms with Gasteiger partial charge in [-0.05, 0) is 13.1 Å². The third-order valence-corrected chi connectivity index (χ3v) is 3.72. The second-order valence-corrected chi connectivity index (χ2v) is 5.11. The molecule has 1 saturated heterocycles. The minimum absolute atomic E-state index is 0.0132. The Hall–Kier alpha value is -2.28. The summed E-state index contributed by atoms with van der Waals surface area (Å²) < 4.78 is 13.2. The molecule has 110 valence electrons. The quantitative estimate of drug-likeness (QED) is 0.898. The largest absolute Gasteiger partial charge is 0.347 e. The molecular formula is C14H16FN5O. The molecule has 6 nitrogen and oxygen atoms in total. The number of imidazole rings is 1. The van der Waals surface area contributed by atoms with E-state index in [0.717, 1.165) is 18.6 Å². The van der Waals surface area contributed by atoms with Crippen molar-refractivity contribution in [2.24, 2.45) is 0 Å². The van der Waals surface area contributed by atoms with E-state index in [4.69, 9.17) is 0 Å². The Morgan fingerprint density at radius 3 is 3.00 bits per heavy atom. The molecule has 0 radical (unpaired) electrons. The molecule has 1 amide bonds. The van der Waals surface area contributed by atoms with E-state index in [-0.39, 0.29) is 17.5 Å². The highest BCUT2D eigenvalue weighted by molar-refractivity contribution is 5.94. The summed E-state index contributed by atoms with van der Waals surface area (Å²) in [5, 5.41) is 0. The summed E-state index contributed by atoms with van der Waals surface area (Å²) >= 11 is 0. The lowest BCUT2D eigenvalue weighted by Gasteiger charge is -2.38. The molecule has 0 spiro atoms. The molecule has 2 aromatic rings. The molecule has 3 rings (SSSR count). The Kier molecular flexibility index (Phi) is 3.66. The number of carbonyl (C=O) groups excluding carboxylic acids is 1. The third kappa shape index (κ3) is 2.78. The first kappa shape index (κ1) is 13.7. The van der Waals surface area contributed by atoms with Crippen LogP contribution in [0.2, 0.25) is 0 Å². The molecule has 3 heterocycles. The summed E-state index contributed by atoms with van der Waals surface area (Å²) in [5.74, 6) is 0.122. The highest BCUT2D eigenvalue weighted by atomic mass is 19.1. The van der Waals surface area contributed by atoms with Crippen molar-refractivity contribution in [1.29, 1.82) is 0 Å². The zero-order valence-corrected chi connectivity index (χ0v) is 11.7. The monoisotopic (exact) mass is 289 g/mol. The normalized spacial score (nSPS) is 19.7. The summed E-state index contributed by atoms with van der Waals surface area (Å²) in [4.78, 5) is 27.4. The van der Waals surface area contributed by atoms with Crippen molar-refractivity contribution in [2.45, 2.75) is 6.04 Å². The number of halogens is 1. The molecule has 7 heteroatoms. The van der Waals surface area contributed by atoms with Crippen molar-refractivity contribution in [3.05, 3.63) is 48.1 Å². The SMILES string of the molecule is CN1CCN(C(=O)c2cncc(F)c2)CC1c1ncc[nH]1. The first-order valence-corrected chi connectivity index (χ1v) is 6.74. The molecule has 21 heavy (non-hydrogen) atoms. The van der Waals surface area contributed by atoms with E-state index in [0.29, 0.717) is 13.1 Å². The van der Waals surface area contributed by atoms with Crippen LogP contribution in [0.5, 0.6) is 0 Å². The first-order valence-electron chi connectivity index (χ1n) is 6.74. The van der Waals surface area contributed by atoms with E-state index in [1.165, 1.54) is 12.3 Å². The summed E-state index contributed by atoms with van der Waals surface area (Å²) in [7, 11) is 2.00. The van der Waals surface area contributed by atoms with Crippen molar-refractivity contribution in [2.75, 3.05) is 26.7 Å². The maximum absolute atomic E-state index is 13.2. The van der Waals surface area contributed by atoms with Crippen LogP contribution in [0.25, 0.3) is 0 Å².